The Morgan fingerprint density at radius 1 is 1.18 bits per heavy atom. The van der Waals surface area contributed by atoms with E-state index in [9.17, 15) is 22.8 Å². The Kier molecular flexibility index (Phi) is 7.35. The third-order valence-electron chi connectivity index (χ3n) is 5.49. The first-order valence-corrected chi connectivity index (χ1v) is 11.1. The molecule has 2 aromatic rings. The number of halogens is 3. The van der Waals surface area contributed by atoms with Crippen LogP contribution in [0.4, 0.5) is 13.2 Å². The number of carbonyl (C=O) groups is 3. The van der Waals surface area contributed by atoms with Gasteiger partial charge in [-0.05, 0) is 38.8 Å². The van der Waals surface area contributed by atoms with Crippen LogP contribution in [0.3, 0.4) is 0 Å². The number of carboxylic acids is 1. The standard InChI is InChI=1S/C19H22N4O2S.C2HF3O2/c1-12-4-3-5-15(20-12)19(25)22-9-8-17-16(22)6-7-18(24)23(17)10-14-11-26-13(2)21-14;3-2(4,5)1(6)7/h3-5,11,16-17H,6-10H2,1-2H3;(H,6,7)/t16-,17-;/m1./s1. The molecule has 0 spiro atoms. The first-order chi connectivity index (χ1) is 15.5. The van der Waals surface area contributed by atoms with Crippen molar-refractivity contribution in [2.45, 2.75) is 57.9 Å². The summed E-state index contributed by atoms with van der Waals surface area (Å²) in [5.74, 6) is -2.62. The maximum atomic E-state index is 13.0. The number of amides is 2. The SMILES string of the molecule is Cc1cccc(C(=O)N2CC[C@@H]3[C@H]2CCC(=O)N3Cc2csc(C)n2)n1.O=C(O)C(F)(F)F. The van der Waals surface area contributed by atoms with Crippen LogP contribution in [-0.4, -0.2) is 67.5 Å². The van der Waals surface area contributed by atoms with Crippen LogP contribution in [0, 0.1) is 13.8 Å². The van der Waals surface area contributed by atoms with Gasteiger partial charge in [-0.15, -0.1) is 11.3 Å². The van der Waals surface area contributed by atoms with Crippen LogP contribution in [0.15, 0.2) is 23.6 Å². The van der Waals surface area contributed by atoms with Gasteiger partial charge in [0.05, 0.1) is 29.3 Å². The minimum atomic E-state index is -5.08. The molecule has 1 N–H and O–H groups in total. The number of pyridine rings is 1. The average molecular weight is 485 g/mol. The van der Waals surface area contributed by atoms with E-state index in [-0.39, 0.29) is 23.9 Å². The fourth-order valence-electron chi connectivity index (χ4n) is 4.07. The predicted octanol–water partition coefficient (Wildman–Crippen LogP) is 3.19. The zero-order valence-corrected chi connectivity index (χ0v) is 18.8. The second-order valence-electron chi connectivity index (χ2n) is 7.81. The molecule has 33 heavy (non-hydrogen) atoms. The molecule has 2 aliphatic heterocycles. The van der Waals surface area contributed by atoms with Crippen molar-refractivity contribution in [1.82, 2.24) is 19.8 Å². The summed E-state index contributed by atoms with van der Waals surface area (Å²) in [6.07, 6.45) is -3.06. The van der Waals surface area contributed by atoms with E-state index in [1.165, 1.54) is 0 Å². The van der Waals surface area contributed by atoms with Gasteiger partial charge in [-0.25, -0.2) is 14.8 Å². The zero-order chi connectivity index (χ0) is 24.3. The minimum absolute atomic E-state index is 0.0278. The number of aryl methyl sites for hydroxylation is 2. The summed E-state index contributed by atoms with van der Waals surface area (Å²) in [5.41, 5.74) is 2.27. The fraction of sp³-hybridized carbons (Fsp3) is 0.476. The highest BCUT2D eigenvalue weighted by atomic mass is 32.1. The van der Waals surface area contributed by atoms with E-state index < -0.39 is 12.1 Å². The number of likely N-dealkylation sites (tertiary alicyclic amines) is 2. The number of thiazole rings is 1. The molecule has 0 aromatic carbocycles. The molecule has 2 atom stereocenters. The summed E-state index contributed by atoms with van der Waals surface area (Å²) in [7, 11) is 0. The Hall–Kier alpha value is -3.02. The Labute approximate surface area is 192 Å². The molecule has 0 aliphatic carbocycles. The second-order valence-corrected chi connectivity index (χ2v) is 8.87. The number of nitrogens with zero attached hydrogens (tertiary/aromatic N) is 4. The highest BCUT2D eigenvalue weighted by Gasteiger charge is 2.45. The minimum Gasteiger partial charge on any atom is -0.475 e. The van der Waals surface area contributed by atoms with Gasteiger partial charge < -0.3 is 14.9 Å². The Bertz CT molecular complexity index is 1040. The molecular weight excluding hydrogens is 461 g/mol. The van der Waals surface area contributed by atoms with Gasteiger partial charge in [0.25, 0.3) is 5.91 Å². The molecule has 2 saturated heterocycles. The van der Waals surface area contributed by atoms with Gasteiger partial charge in [-0.3, -0.25) is 9.59 Å². The average Bonchev–Trinajstić information content (AvgIpc) is 3.35. The molecule has 0 bridgehead atoms. The van der Waals surface area contributed by atoms with Crippen molar-refractivity contribution >= 4 is 29.1 Å². The smallest absolute Gasteiger partial charge is 0.475 e. The molecule has 2 aromatic heterocycles. The summed E-state index contributed by atoms with van der Waals surface area (Å²) in [6, 6.07) is 5.67. The summed E-state index contributed by atoms with van der Waals surface area (Å²) in [6.45, 7) is 5.07. The van der Waals surface area contributed by atoms with Crippen molar-refractivity contribution in [2.75, 3.05) is 6.54 Å². The Balaban J connectivity index is 0.000000383. The van der Waals surface area contributed by atoms with Gasteiger partial charge in [0, 0.05) is 24.0 Å². The number of rotatable bonds is 3. The first-order valence-electron chi connectivity index (χ1n) is 10.2. The molecule has 2 fully saturated rings. The number of aromatic nitrogens is 2. The largest absolute Gasteiger partial charge is 0.490 e. The van der Waals surface area contributed by atoms with Crippen LogP contribution in [0.1, 0.15) is 46.1 Å². The molecule has 2 amide bonds. The van der Waals surface area contributed by atoms with Gasteiger partial charge in [0.2, 0.25) is 5.91 Å². The lowest BCUT2D eigenvalue weighted by atomic mass is 9.96. The highest BCUT2D eigenvalue weighted by molar-refractivity contribution is 7.09. The normalized spacial score (nSPS) is 20.2. The van der Waals surface area contributed by atoms with Crippen molar-refractivity contribution in [3.8, 4) is 0 Å². The van der Waals surface area contributed by atoms with Gasteiger partial charge in [0.15, 0.2) is 0 Å². The molecule has 4 rings (SSSR count). The van der Waals surface area contributed by atoms with Crippen LogP contribution in [0.5, 0.6) is 0 Å². The van der Waals surface area contributed by atoms with Crippen molar-refractivity contribution < 1.29 is 32.7 Å². The number of aliphatic carboxylic acids is 1. The number of hydrogen-bond donors (Lipinski definition) is 1. The van der Waals surface area contributed by atoms with E-state index in [1.54, 1.807) is 17.4 Å². The van der Waals surface area contributed by atoms with Crippen LogP contribution in [0.25, 0.3) is 0 Å². The topological polar surface area (TPSA) is 104 Å². The van der Waals surface area contributed by atoms with E-state index in [4.69, 9.17) is 9.90 Å². The van der Waals surface area contributed by atoms with Gasteiger partial charge in [-0.1, -0.05) is 6.07 Å². The van der Waals surface area contributed by atoms with Crippen molar-refractivity contribution in [3.63, 3.8) is 0 Å². The van der Waals surface area contributed by atoms with Gasteiger partial charge >= 0.3 is 12.1 Å². The number of piperidine rings is 1. The molecule has 8 nitrogen and oxygen atoms in total. The molecule has 2 aliphatic rings. The molecule has 178 valence electrons. The number of carboxylic acid groups (broad SMARTS) is 1. The van der Waals surface area contributed by atoms with Crippen LogP contribution >= 0.6 is 11.3 Å². The quantitative estimate of drug-likeness (QED) is 0.718. The van der Waals surface area contributed by atoms with Gasteiger partial charge in [-0.2, -0.15) is 13.2 Å². The maximum Gasteiger partial charge on any atom is 0.490 e. The van der Waals surface area contributed by atoms with E-state index in [2.05, 4.69) is 9.97 Å². The summed E-state index contributed by atoms with van der Waals surface area (Å²) < 4.78 is 31.7. The Morgan fingerprint density at radius 3 is 2.45 bits per heavy atom. The number of fused-ring (bicyclic) bond motifs is 1. The molecule has 0 radical (unpaired) electrons. The molecule has 0 unspecified atom stereocenters. The number of hydrogen-bond acceptors (Lipinski definition) is 6. The summed E-state index contributed by atoms with van der Waals surface area (Å²) in [5, 5.41) is 10.1. The number of carbonyl (C=O) groups excluding carboxylic acids is 2. The summed E-state index contributed by atoms with van der Waals surface area (Å²) in [4.78, 5) is 47.1. The van der Waals surface area contributed by atoms with Crippen molar-refractivity contribution in [1.29, 1.82) is 0 Å². The first kappa shape index (κ1) is 24.6. The maximum absolute atomic E-state index is 13.0. The lowest BCUT2D eigenvalue weighted by molar-refractivity contribution is -0.192. The molecular formula is C21H23F3N4O4S. The Morgan fingerprint density at radius 2 is 1.88 bits per heavy atom. The lowest BCUT2D eigenvalue weighted by Gasteiger charge is -2.39. The second kappa shape index (κ2) is 9.86. The van der Waals surface area contributed by atoms with E-state index in [0.717, 1.165) is 29.2 Å². The summed E-state index contributed by atoms with van der Waals surface area (Å²) >= 11 is 1.60. The van der Waals surface area contributed by atoms with E-state index >= 15 is 0 Å². The van der Waals surface area contributed by atoms with E-state index in [1.807, 2.05) is 41.2 Å². The monoisotopic (exact) mass is 484 g/mol. The van der Waals surface area contributed by atoms with E-state index in [0.29, 0.717) is 25.2 Å². The third kappa shape index (κ3) is 5.86. The highest BCUT2D eigenvalue weighted by Crippen LogP contribution is 2.33. The molecule has 4 heterocycles. The van der Waals surface area contributed by atoms with Crippen LogP contribution < -0.4 is 0 Å². The zero-order valence-electron chi connectivity index (χ0n) is 18.0. The fourth-order valence-corrected chi connectivity index (χ4v) is 4.68. The van der Waals surface area contributed by atoms with Crippen molar-refractivity contribution in [3.05, 3.63) is 45.7 Å². The van der Waals surface area contributed by atoms with Crippen molar-refractivity contribution in [2.24, 2.45) is 0 Å². The lowest BCUT2D eigenvalue weighted by Crippen LogP contribution is -2.52. The predicted molar refractivity (Wildman–Crippen MR) is 113 cm³/mol. The van der Waals surface area contributed by atoms with Gasteiger partial charge in [0.1, 0.15) is 5.69 Å². The van der Waals surface area contributed by atoms with Crippen LogP contribution in [0.2, 0.25) is 0 Å². The number of alkyl halides is 3. The van der Waals surface area contributed by atoms with Crippen LogP contribution in [-0.2, 0) is 16.1 Å². The third-order valence-corrected chi connectivity index (χ3v) is 6.32. The molecule has 12 heteroatoms. The molecule has 0 saturated carbocycles.